The van der Waals surface area contributed by atoms with Gasteiger partial charge < -0.3 is 28.4 Å². The Kier molecular flexibility index (Phi) is 39.9. The molecule has 11 heteroatoms. The Bertz CT molecular complexity index is 1190. The molecule has 0 amide bonds. The molecular formula is C55H97IO10. The first kappa shape index (κ1) is 62.3. The molecule has 0 heterocycles. The molecular weight excluding hydrogens is 947 g/mol. The summed E-state index contributed by atoms with van der Waals surface area (Å²) < 4.78 is 34.4. The van der Waals surface area contributed by atoms with Gasteiger partial charge in [-0.1, -0.05) is 153 Å². The normalized spacial score (nSPS) is 20.9. The van der Waals surface area contributed by atoms with E-state index in [1.165, 1.54) is 51.4 Å². The maximum Gasteiger partial charge on any atom is 0.308 e. The van der Waals surface area contributed by atoms with Crippen LogP contribution in [-0.2, 0) is 47.6 Å². The smallest absolute Gasteiger partial charge is 0.308 e. The predicted molar refractivity (Wildman–Crippen MR) is 277 cm³/mol. The van der Waals surface area contributed by atoms with E-state index in [-0.39, 0.29) is 35.6 Å². The number of Topliss-reactive ketones (excluding diaryl/α,β-unsaturated/α-hetero) is 2. The number of halogens is 1. The van der Waals surface area contributed by atoms with Crippen molar-refractivity contribution in [1.82, 2.24) is 0 Å². The molecule has 10 nitrogen and oxygen atoms in total. The molecule has 0 aliphatic heterocycles. The lowest BCUT2D eigenvalue weighted by atomic mass is 9.83. The molecule has 2 aliphatic carbocycles. The lowest BCUT2D eigenvalue weighted by Crippen LogP contribution is -2.20. The van der Waals surface area contributed by atoms with Crippen LogP contribution in [0.4, 0.5) is 0 Å². The Balaban J connectivity index is 0.000000660. The summed E-state index contributed by atoms with van der Waals surface area (Å²) >= 11 is 2.42. The van der Waals surface area contributed by atoms with E-state index < -0.39 is 0 Å². The molecule has 0 aromatic heterocycles. The molecule has 6 atom stereocenters. The molecule has 0 N–H and O–H groups in total. The van der Waals surface area contributed by atoms with E-state index in [4.69, 9.17) is 28.4 Å². The van der Waals surface area contributed by atoms with Crippen molar-refractivity contribution in [1.29, 1.82) is 0 Å². The van der Waals surface area contributed by atoms with Crippen LogP contribution in [0.1, 0.15) is 183 Å². The molecule has 66 heavy (non-hydrogen) atoms. The Labute approximate surface area is 417 Å². The lowest BCUT2D eigenvalue weighted by Gasteiger charge is -2.22. The van der Waals surface area contributed by atoms with Crippen molar-refractivity contribution in [2.75, 3.05) is 70.5 Å². The van der Waals surface area contributed by atoms with E-state index in [1.54, 1.807) is 0 Å². The van der Waals surface area contributed by atoms with E-state index in [2.05, 4.69) is 67.7 Å². The van der Waals surface area contributed by atoms with Gasteiger partial charge in [-0.05, 0) is 87.9 Å². The predicted octanol–water partition coefficient (Wildman–Crippen LogP) is 13.1. The molecule has 2 saturated carbocycles. The van der Waals surface area contributed by atoms with Gasteiger partial charge in [0.25, 0.3) is 0 Å². The first-order valence-electron chi connectivity index (χ1n) is 26.6. The average Bonchev–Trinajstić information content (AvgIpc) is 3.78. The summed E-state index contributed by atoms with van der Waals surface area (Å²) in [5, 5.41) is 0. The molecule has 2 fully saturated rings. The largest absolute Gasteiger partial charge is 0.465 e. The summed E-state index contributed by atoms with van der Waals surface area (Å²) in [5.74, 6) is 2.39. The molecule has 0 aromatic carbocycles. The van der Waals surface area contributed by atoms with Gasteiger partial charge in [0.05, 0.1) is 51.5 Å². The van der Waals surface area contributed by atoms with Gasteiger partial charge in [-0.25, -0.2) is 0 Å². The van der Waals surface area contributed by atoms with Crippen molar-refractivity contribution in [3.05, 3.63) is 24.3 Å². The van der Waals surface area contributed by atoms with Crippen LogP contribution >= 0.6 is 22.6 Å². The van der Waals surface area contributed by atoms with Crippen LogP contribution in [0.3, 0.4) is 0 Å². The van der Waals surface area contributed by atoms with E-state index in [9.17, 15) is 19.2 Å². The first-order chi connectivity index (χ1) is 32.0. The minimum Gasteiger partial charge on any atom is -0.465 e. The van der Waals surface area contributed by atoms with Gasteiger partial charge in [0.2, 0.25) is 0 Å². The fraction of sp³-hybridized carbons (Fsp3) is 0.855. The molecule has 384 valence electrons. The number of allylic oxidation sites excluding steroid dienone is 4. The van der Waals surface area contributed by atoms with Crippen molar-refractivity contribution >= 4 is 46.1 Å². The zero-order chi connectivity index (χ0) is 48.6. The van der Waals surface area contributed by atoms with Crippen molar-refractivity contribution in [3.63, 3.8) is 0 Å². The van der Waals surface area contributed by atoms with Crippen LogP contribution in [0.2, 0.25) is 0 Å². The second kappa shape index (κ2) is 42.2. The Hall–Kier alpha value is -1.67. The minimum atomic E-state index is -0.139. The van der Waals surface area contributed by atoms with Gasteiger partial charge in [-0.3, -0.25) is 19.2 Å². The van der Waals surface area contributed by atoms with E-state index in [0.29, 0.717) is 101 Å². The zero-order valence-corrected chi connectivity index (χ0v) is 45.2. The van der Waals surface area contributed by atoms with E-state index >= 15 is 0 Å². The third kappa shape index (κ3) is 30.0. The van der Waals surface area contributed by atoms with Gasteiger partial charge in [0.1, 0.15) is 11.6 Å². The molecule has 0 aromatic rings. The highest BCUT2D eigenvalue weighted by molar-refractivity contribution is 14.1. The molecule has 2 rings (SSSR count). The first-order valence-corrected chi connectivity index (χ1v) is 28.1. The summed E-state index contributed by atoms with van der Waals surface area (Å²) in [6.07, 6.45) is 30.5. The quantitative estimate of drug-likeness (QED) is 0.0193. The summed E-state index contributed by atoms with van der Waals surface area (Å²) in [6.45, 7) is 20.6. The van der Waals surface area contributed by atoms with Crippen LogP contribution in [0.15, 0.2) is 24.3 Å². The fourth-order valence-electron chi connectivity index (χ4n) is 8.86. The summed E-state index contributed by atoms with van der Waals surface area (Å²) in [5.41, 5.74) is 0. The lowest BCUT2D eigenvalue weighted by molar-refractivity contribution is -0.148. The van der Waals surface area contributed by atoms with Crippen LogP contribution in [0, 0.1) is 47.3 Å². The number of unbranched alkanes of at least 4 members (excludes halogenated alkanes) is 10. The number of carbonyl (C=O) groups excluding carboxylic acids is 4. The SMILES string of the molecule is CCCCCCCOCCOCC[C@@H]1C(CC=CCCCOC(=O)C(C)C)C(=O)C[C@H]1CC.CCCCCCCOCCOCC[C@@H]1C(CC=CCCCOC(=O)C(C)C)C(=O)C[C@H]1CI. The van der Waals surface area contributed by atoms with E-state index in [1.807, 2.05) is 27.7 Å². The van der Waals surface area contributed by atoms with Crippen LogP contribution < -0.4 is 0 Å². The van der Waals surface area contributed by atoms with Gasteiger partial charge in [0.15, 0.2) is 0 Å². The third-order valence-electron chi connectivity index (χ3n) is 13.0. The highest BCUT2D eigenvalue weighted by Gasteiger charge is 2.41. The highest BCUT2D eigenvalue weighted by Crippen LogP contribution is 2.41. The number of carbonyl (C=O) groups is 4. The summed E-state index contributed by atoms with van der Waals surface area (Å²) in [4.78, 5) is 48.1. The Morgan fingerprint density at radius 2 is 0.909 bits per heavy atom. The average molecular weight is 1050 g/mol. The Morgan fingerprint density at radius 3 is 1.30 bits per heavy atom. The van der Waals surface area contributed by atoms with Gasteiger partial charge in [0, 0.05) is 55.5 Å². The standard InChI is InChI=1S/C28H50O5.C27H47IO5/c1-5-7-8-10-13-17-31-20-21-32-19-16-25-24(6-2)22-27(29)26(25)15-12-9-11-14-18-33-28(30)23(3)4;1-4-5-6-8-11-15-31-18-19-32-17-14-24-23(21-28)20-26(29)25(24)13-10-7-9-12-16-33-27(30)22(2)3/h9,12,23-26H,5-8,10-11,13-22H2,1-4H3;7,10,22-25H,4-6,8-9,11-21H2,1-3H3/t24-,25+,26?;23-,24-,25?/m10/s1. The van der Waals surface area contributed by atoms with Crippen molar-refractivity contribution in [2.45, 2.75) is 183 Å². The number of esters is 2. The number of ketones is 2. The molecule has 0 spiro atoms. The summed E-state index contributed by atoms with van der Waals surface area (Å²) in [6, 6.07) is 0. The van der Waals surface area contributed by atoms with Crippen LogP contribution in [-0.4, -0.2) is 94.0 Å². The number of ether oxygens (including phenoxy) is 6. The maximum atomic E-state index is 12.6. The second-order valence-electron chi connectivity index (χ2n) is 19.2. The Morgan fingerprint density at radius 1 is 0.515 bits per heavy atom. The maximum absolute atomic E-state index is 12.6. The molecule has 2 aliphatic rings. The van der Waals surface area contributed by atoms with Crippen molar-refractivity contribution < 1.29 is 47.6 Å². The highest BCUT2D eigenvalue weighted by atomic mass is 127. The van der Waals surface area contributed by atoms with Crippen molar-refractivity contribution in [3.8, 4) is 0 Å². The number of hydrogen-bond donors (Lipinski definition) is 0. The minimum absolute atomic E-state index is 0.0748. The fourth-order valence-corrected chi connectivity index (χ4v) is 9.82. The monoisotopic (exact) mass is 1040 g/mol. The summed E-state index contributed by atoms with van der Waals surface area (Å²) in [7, 11) is 0. The number of alkyl halides is 1. The zero-order valence-electron chi connectivity index (χ0n) is 43.0. The topological polar surface area (TPSA) is 124 Å². The molecule has 0 bridgehead atoms. The molecule has 0 saturated heterocycles. The van der Waals surface area contributed by atoms with Gasteiger partial charge >= 0.3 is 11.9 Å². The molecule has 2 unspecified atom stereocenters. The second-order valence-corrected chi connectivity index (χ2v) is 20.0. The van der Waals surface area contributed by atoms with Gasteiger partial charge in [-0.2, -0.15) is 0 Å². The number of rotatable bonds is 40. The van der Waals surface area contributed by atoms with Crippen molar-refractivity contribution in [2.24, 2.45) is 47.3 Å². The van der Waals surface area contributed by atoms with E-state index in [0.717, 1.165) is 88.3 Å². The van der Waals surface area contributed by atoms with Crippen LogP contribution in [0.5, 0.6) is 0 Å². The third-order valence-corrected chi connectivity index (χ3v) is 14.1. The van der Waals surface area contributed by atoms with Crippen LogP contribution in [0.25, 0.3) is 0 Å². The number of hydrogen-bond acceptors (Lipinski definition) is 10. The molecule has 0 radical (unpaired) electrons. The van der Waals surface area contributed by atoms with Gasteiger partial charge in [-0.15, -0.1) is 0 Å².